The van der Waals surface area contributed by atoms with Crippen LogP contribution in [0.2, 0.25) is 0 Å². The molecule has 0 radical (unpaired) electrons. The van der Waals surface area contributed by atoms with Gasteiger partial charge in [-0.1, -0.05) is 0 Å². The van der Waals surface area contributed by atoms with Gasteiger partial charge in [-0.3, -0.25) is 9.69 Å². The van der Waals surface area contributed by atoms with Gasteiger partial charge in [-0.15, -0.1) is 0 Å². The van der Waals surface area contributed by atoms with Crippen LogP contribution in [0.5, 0.6) is 0 Å². The Hall–Kier alpha value is -1.73. The minimum Gasteiger partial charge on any atom is -0.353 e. The number of hydrogen-bond acceptors (Lipinski definition) is 4. The first-order chi connectivity index (χ1) is 11.0. The summed E-state index contributed by atoms with van der Waals surface area (Å²) in [5.74, 6) is -1.54. The number of anilines is 1. The summed E-state index contributed by atoms with van der Waals surface area (Å²) >= 11 is 0. The summed E-state index contributed by atoms with van der Waals surface area (Å²) in [6.45, 7) is 2.38. The summed E-state index contributed by atoms with van der Waals surface area (Å²) in [4.78, 5) is 14.9. The molecular formula is C16H20F2N2O3. The van der Waals surface area contributed by atoms with Crippen LogP contribution in [-0.4, -0.2) is 43.6 Å². The van der Waals surface area contributed by atoms with Crippen LogP contribution < -0.4 is 4.90 Å². The fraction of sp³-hybridized carbons (Fsp3) is 0.562. The Morgan fingerprint density at radius 3 is 2.70 bits per heavy atom. The van der Waals surface area contributed by atoms with Gasteiger partial charge in [-0.05, 0) is 43.9 Å². The molecule has 1 atom stereocenters. The fourth-order valence-electron chi connectivity index (χ4n) is 2.87. The zero-order valence-electron chi connectivity index (χ0n) is 13.1. The largest absolute Gasteiger partial charge is 0.353 e. The Morgan fingerprint density at radius 2 is 2.04 bits per heavy atom. The Morgan fingerprint density at radius 1 is 1.30 bits per heavy atom. The summed E-state index contributed by atoms with van der Waals surface area (Å²) in [6.07, 6.45) is 2.54. The van der Waals surface area contributed by atoms with Crippen LogP contribution in [0.25, 0.3) is 0 Å². The van der Waals surface area contributed by atoms with Gasteiger partial charge >= 0.3 is 0 Å². The number of carbonyl (C=O) groups excluding carboxylic acids is 1. The average molecular weight is 326 g/mol. The van der Waals surface area contributed by atoms with Crippen molar-refractivity contribution in [2.75, 3.05) is 31.5 Å². The molecule has 5 nitrogen and oxygen atoms in total. The molecule has 1 aromatic carbocycles. The van der Waals surface area contributed by atoms with Crippen molar-refractivity contribution in [3.63, 3.8) is 0 Å². The van der Waals surface area contributed by atoms with Crippen molar-refractivity contribution in [2.45, 2.75) is 32.5 Å². The van der Waals surface area contributed by atoms with Crippen molar-refractivity contribution in [2.24, 2.45) is 0 Å². The van der Waals surface area contributed by atoms with Gasteiger partial charge in [0, 0.05) is 6.61 Å². The Balaban J connectivity index is 1.63. The first-order valence-corrected chi connectivity index (χ1v) is 7.76. The summed E-state index contributed by atoms with van der Waals surface area (Å²) in [7, 11) is 0. The number of ether oxygens (including phenoxy) is 2. The lowest BCUT2D eigenvalue weighted by Gasteiger charge is -2.26. The average Bonchev–Trinajstić information content (AvgIpc) is 2.86. The molecule has 1 aromatic rings. The van der Waals surface area contributed by atoms with Crippen LogP contribution in [0.3, 0.4) is 0 Å². The number of amides is 1. The van der Waals surface area contributed by atoms with Crippen molar-refractivity contribution in [3.8, 4) is 0 Å². The molecule has 0 bridgehead atoms. The van der Waals surface area contributed by atoms with E-state index in [0.29, 0.717) is 12.2 Å². The van der Waals surface area contributed by atoms with Crippen LogP contribution in [0, 0.1) is 18.6 Å². The van der Waals surface area contributed by atoms with E-state index in [4.69, 9.17) is 9.47 Å². The molecule has 0 aromatic heterocycles. The maximum Gasteiger partial charge on any atom is 0.245 e. The maximum absolute atomic E-state index is 14.0. The van der Waals surface area contributed by atoms with Crippen molar-refractivity contribution < 1.29 is 23.0 Å². The number of rotatable bonds is 4. The molecule has 2 aliphatic heterocycles. The molecule has 0 saturated carbocycles. The maximum atomic E-state index is 14.0. The molecule has 7 heteroatoms. The number of benzene rings is 1. The van der Waals surface area contributed by atoms with Gasteiger partial charge in [0.2, 0.25) is 5.91 Å². The van der Waals surface area contributed by atoms with Crippen molar-refractivity contribution in [1.29, 1.82) is 0 Å². The van der Waals surface area contributed by atoms with Gasteiger partial charge < -0.3 is 14.4 Å². The lowest BCUT2D eigenvalue weighted by atomic mass is 10.2. The van der Waals surface area contributed by atoms with E-state index in [-0.39, 0.29) is 37.8 Å². The summed E-state index contributed by atoms with van der Waals surface area (Å²) in [6, 6.07) is 2.52. The second kappa shape index (κ2) is 6.80. The second-order valence-electron chi connectivity index (χ2n) is 5.94. The normalized spacial score (nSPS) is 22.0. The third-order valence-corrected chi connectivity index (χ3v) is 4.05. The molecule has 2 heterocycles. The van der Waals surface area contributed by atoms with Crippen molar-refractivity contribution in [1.82, 2.24) is 4.90 Å². The molecule has 3 rings (SSSR count). The highest BCUT2D eigenvalue weighted by molar-refractivity contribution is 5.84. The van der Waals surface area contributed by atoms with Gasteiger partial charge in [0.1, 0.15) is 24.1 Å². The third-order valence-electron chi connectivity index (χ3n) is 4.05. The first kappa shape index (κ1) is 16.1. The molecule has 2 fully saturated rings. The molecule has 1 amide bonds. The lowest BCUT2D eigenvalue weighted by molar-refractivity contribution is -0.184. The number of carbonyl (C=O) groups is 1. The highest BCUT2D eigenvalue weighted by atomic mass is 19.1. The van der Waals surface area contributed by atoms with Crippen LogP contribution in [-0.2, 0) is 14.3 Å². The summed E-state index contributed by atoms with van der Waals surface area (Å²) in [5.41, 5.74) is 0.337. The molecule has 2 aliphatic rings. The Labute approximate surface area is 133 Å². The lowest BCUT2D eigenvalue weighted by Crippen LogP contribution is -2.34. The Kier molecular flexibility index (Phi) is 4.77. The molecule has 1 unspecified atom stereocenters. The fourth-order valence-corrected chi connectivity index (χ4v) is 2.87. The number of halogens is 2. The molecule has 2 saturated heterocycles. The van der Waals surface area contributed by atoms with E-state index in [9.17, 15) is 13.6 Å². The predicted octanol–water partition coefficient (Wildman–Crippen LogP) is 2.38. The minimum atomic E-state index is -0.659. The van der Waals surface area contributed by atoms with Crippen molar-refractivity contribution >= 4 is 11.6 Å². The molecule has 0 aliphatic carbocycles. The van der Waals surface area contributed by atoms with Gasteiger partial charge in [-0.2, -0.15) is 0 Å². The van der Waals surface area contributed by atoms with E-state index in [1.54, 1.807) is 6.92 Å². The van der Waals surface area contributed by atoms with E-state index >= 15 is 0 Å². The van der Waals surface area contributed by atoms with Gasteiger partial charge in [-0.25, -0.2) is 8.78 Å². The van der Waals surface area contributed by atoms with E-state index in [1.165, 1.54) is 21.9 Å². The second-order valence-corrected chi connectivity index (χ2v) is 5.94. The smallest absolute Gasteiger partial charge is 0.245 e. The minimum absolute atomic E-state index is 0.0637. The molecule has 23 heavy (non-hydrogen) atoms. The number of hydrogen-bond donors (Lipinski definition) is 0. The van der Waals surface area contributed by atoms with Gasteiger partial charge in [0.15, 0.2) is 6.29 Å². The molecule has 0 spiro atoms. The van der Waals surface area contributed by atoms with Crippen LogP contribution in [0.1, 0.15) is 24.8 Å². The van der Waals surface area contributed by atoms with Gasteiger partial charge in [0.05, 0.1) is 13.2 Å². The monoisotopic (exact) mass is 326 g/mol. The van der Waals surface area contributed by atoms with Crippen molar-refractivity contribution in [3.05, 3.63) is 29.3 Å². The molecular weight excluding hydrogens is 306 g/mol. The van der Waals surface area contributed by atoms with Crippen LogP contribution in [0.15, 0.2) is 12.1 Å². The topological polar surface area (TPSA) is 42.0 Å². The highest BCUT2D eigenvalue weighted by Gasteiger charge is 2.31. The zero-order valence-corrected chi connectivity index (χ0v) is 13.1. The van der Waals surface area contributed by atoms with E-state index in [2.05, 4.69) is 0 Å². The first-order valence-electron chi connectivity index (χ1n) is 7.76. The van der Waals surface area contributed by atoms with Crippen LogP contribution >= 0.6 is 0 Å². The molecule has 0 N–H and O–H groups in total. The number of aryl methyl sites for hydroxylation is 1. The van der Waals surface area contributed by atoms with Crippen LogP contribution in [0.4, 0.5) is 14.5 Å². The third kappa shape index (κ3) is 3.61. The predicted molar refractivity (Wildman–Crippen MR) is 79.7 cm³/mol. The SMILES string of the molecule is Cc1cc(F)c(N2CC(=O)N(COC3CCCCO3)C2)c(F)c1. The zero-order chi connectivity index (χ0) is 16.4. The van der Waals surface area contributed by atoms with Gasteiger partial charge in [0.25, 0.3) is 0 Å². The summed E-state index contributed by atoms with van der Waals surface area (Å²) in [5, 5.41) is 0. The van der Waals surface area contributed by atoms with E-state index in [0.717, 1.165) is 19.3 Å². The molecule has 126 valence electrons. The summed E-state index contributed by atoms with van der Waals surface area (Å²) < 4.78 is 39.1. The quantitative estimate of drug-likeness (QED) is 0.852. The standard InChI is InChI=1S/C16H20F2N2O3/c1-11-6-12(17)16(13(18)7-11)19-8-14(21)20(9-19)10-23-15-4-2-3-5-22-15/h6-7,15H,2-5,8-10H2,1H3. The Bertz CT molecular complexity index is 568. The highest BCUT2D eigenvalue weighted by Crippen LogP contribution is 2.27. The number of nitrogens with zero attached hydrogens (tertiary/aromatic N) is 2. The van der Waals surface area contributed by atoms with E-state index in [1.807, 2.05) is 0 Å². The van der Waals surface area contributed by atoms with E-state index < -0.39 is 11.6 Å².